The summed E-state index contributed by atoms with van der Waals surface area (Å²) in [5, 5.41) is 11.1. The lowest BCUT2D eigenvalue weighted by atomic mass is 10.1. The molecule has 1 fully saturated rings. The molecule has 1 aliphatic carbocycles. The maximum absolute atomic E-state index is 12.1. The second-order valence-corrected chi connectivity index (χ2v) is 7.36. The van der Waals surface area contributed by atoms with Crippen molar-refractivity contribution in [3.8, 4) is 0 Å². The molecule has 3 rings (SSSR count). The van der Waals surface area contributed by atoms with E-state index in [2.05, 4.69) is 34.0 Å². The monoisotopic (exact) mass is 321 g/mol. The average molecular weight is 321 g/mol. The third-order valence-corrected chi connectivity index (χ3v) is 5.66. The number of aromatic nitrogens is 1. The maximum Gasteiger partial charge on any atom is 0.315 e. The Balaban J connectivity index is 1.51. The van der Waals surface area contributed by atoms with E-state index < -0.39 is 0 Å². The van der Waals surface area contributed by atoms with Gasteiger partial charge in [0, 0.05) is 28.9 Å². The first-order valence-electron chi connectivity index (χ1n) is 7.21. The van der Waals surface area contributed by atoms with Crippen LogP contribution in [0.2, 0.25) is 0 Å². The van der Waals surface area contributed by atoms with E-state index in [1.165, 1.54) is 17.7 Å². The minimum absolute atomic E-state index is 0.0713. The molecule has 0 bridgehead atoms. The molecule has 2 heterocycles. The van der Waals surface area contributed by atoms with Gasteiger partial charge in [-0.2, -0.15) is 0 Å². The van der Waals surface area contributed by atoms with Crippen LogP contribution in [0, 0.1) is 5.92 Å². The van der Waals surface area contributed by atoms with Crippen molar-refractivity contribution in [2.24, 2.45) is 5.92 Å². The molecule has 4 nitrogen and oxygen atoms in total. The van der Waals surface area contributed by atoms with Crippen molar-refractivity contribution < 1.29 is 4.79 Å². The maximum atomic E-state index is 12.1. The molecule has 6 heteroatoms. The van der Waals surface area contributed by atoms with E-state index in [0.717, 1.165) is 5.01 Å². The highest BCUT2D eigenvalue weighted by molar-refractivity contribution is 7.10. The summed E-state index contributed by atoms with van der Waals surface area (Å²) in [7, 11) is 0. The van der Waals surface area contributed by atoms with Crippen LogP contribution in [0.4, 0.5) is 4.79 Å². The van der Waals surface area contributed by atoms with Crippen molar-refractivity contribution in [1.82, 2.24) is 15.6 Å². The van der Waals surface area contributed by atoms with Crippen LogP contribution in [0.25, 0.3) is 0 Å². The van der Waals surface area contributed by atoms with Gasteiger partial charge in [0.15, 0.2) is 0 Å². The third-order valence-electron chi connectivity index (χ3n) is 3.70. The summed E-state index contributed by atoms with van der Waals surface area (Å²) in [6.07, 6.45) is 4.15. The van der Waals surface area contributed by atoms with E-state index in [-0.39, 0.29) is 12.1 Å². The van der Waals surface area contributed by atoms with Gasteiger partial charge in [-0.25, -0.2) is 9.78 Å². The Hall–Kier alpha value is -1.40. The Morgan fingerprint density at radius 1 is 1.43 bits per heavy atom. The number of hydrogen-bond donors (Lipinski definition) is 2. The van der Waals surface area contributed by atoms with Crippen LogP contribution in [0.3, 0.4) is 0 Å². The predicted octanol–water partition coefficient (Wildman–Crippen LogP) is 3.76. The number of hydrogen-bond acceptors (Lipinski definition) is 4. The Bertz CT molecular complexity index is 564. The average Bonchev–Trinajstić information content (AvgIpc) is 2.97. The number of carbonyl (C=O) groups is 1. The van der Waals surface area contributed by atoms with E-state index in [1.807, 2.05) is 11.4 Å². The van der Waals surface area contributed by atoms with Gasteiger partial charge in [0.25, 0.3) is 0 Å². The highest BCUT2D eigenvalue weighted by Crippen LogP contribution is 2.41. The first-order chi connectivity index (χ1) is 10.2. The Morgan fingerprint density at radius 3 is 2.90 bits per heavy atom. The standard InChI is InChI=1S/C15H19N3OS2/c1-10(12-3-2-7-20-12)9-17-15(19)18-13(11-4-5-11)14-16-6-8-21-14/h2-3,6-8,10-11,13H,4-5,9H2,1H3,(H2,17,18,19)/t10-,13+/m0/s1. The van der Waals surface area contributed by atoms with Crippen LogP contribution in [0.1, 0.15) is 41.6 Å². The molecule has 0 spiro atoms. The van der Waals surface area contributed by atoms with Gasteiger partial charge in [-0.3, -0.25) is 0 Å². The molecule has 2 aromatic rings. The molecule has 0 aromatic carbocycles. The number of thiophene rings is 1. The first kappa shape index (κ1) is 14.5. The fourth-order valence-electron chi connectivity index (χ4n) is 2.31. The van der Waals surface area contributed by atoms with E-state index in [1.54, 1.807) is 28.9 Å². The minimum Gasteiger partial charge on any atom is -0.338 e. The fraction of sp³-hybridized carbons (Fsp3) is 0.467. The van der Waals surface area contributed by atoms with Crippen LogP contribution < -0.4 is 10.6 Å². The van der Waals surface area contributed by atoms with Gasteiger partial charge in [0.2, 0.25) is 0 Å². The number of thiazole rings is 1. The first-order valence-corrected chi connectivity index (χ1v) is 8.97. The van der Waals surface area contributed by atoms with E-state index in [0.29, 0.717) is 18.4 Å². The van der Waals surface area contributed by atoms with Gasteiger partial charge in [-0.1, -0.05) is 13.0 Å². The smallest absolute Gasteiger partial charge is 0.315 e. The summed E-state index contributed by atoms with van der Waals surface area (Å²) in [6, 6.07) is 4.13. The lowest BCUT2D eigenvalue weighted by Gasteiger charge is -2.17. The van der Waals surface area contributed by atoms with Crippen molar-refractivity contribution in [2.45, 2.75) is 31.7 Å². The zero-order valence-electron chi connectivity index (χ0n) is 11.9. The molecule has 0 radical (unpaired) electrons. The third kappa shape index (κ3) is 3.83. The number of amides is 2. The molecule has 2 amide bonds. The number of nitrogens with zero attached hydrogens (tertiary/aromatic N) is 1. The molecule has 0 aliphatic heterocycles. The summed E-state index contributed by atoms with van der Waals surface area (Å²) in [4.78, 5) is 17.8. The normalized spacial score (nSPS) is 17.2. The summed E-state index contributed by atoms with van der Waals surface area (Å²) in [6.45, 7) is 2.78. The van der Waals surface area contributed by atoms with E-state index >= 15 is 0 Å². The number of carbonyl (C=O) groups excluding carboxylic acids is 1. The van der Waals surface area contributed by atoms with Gasteiger partial charge < -0.3 is 10.6 Å². The van der Waals surface area contributed by atoms with Crippen LogP contribution in [-0.2, 0) is 0 Å². The van der Waals surface area contributed by atoms with Crippen LogP contribution >= 0.6 is 22.7 Å². The zero-order valence-corrected chi connectivity index (χ0v) is 13.5. The second kappa shape index (κ2) is 6.58. The van der Waals surface area contributed by atoms with Crippen molar-refractivity contribution in [2.75, 3.05) is 6.54 Å². The Kier molecular flexibility index (Phi) is 4.55. The largest absolute Gasteiger partial charge is 0.338 e. The van der Waals surface area contributed by atoms with Gasteiger partial charge in [-0.05, 0) is 30.2 Å². The summed E-state index contributed by atoms with van der Waals surface area (Å²) in [5.74, 6) is 0.895. The zero-order chi connectivity index (χ0) is 14.7. The van der Waals surface area contributed by atoms with Gasteiger partial charge in [0.1, 0.15) is 5.01 Å². The van der Waals surface area contributed by atoms with Crippen LogP contribution in [0.5, 0.6) is 0 Å². The number of rotatable bonds is 6. The topological polar surface area (TPSA) is 54.0 Å². The van der Waals surface area contributed by atoms with E-state index in [9.17, 15) is 4.79 Å². The molecule has 2 aromatic heterocycles. The van der Waals surface area contributed by atoms with Crippen molar-refractivity contribution >= 4 is 28.7 Å². The predicted molar refractivity (Wildman–Crippen MR) is 86.8 cm³/mol. The number of urea groups is 1. The van der Waals surface area contributed by atoms with Crippen molar-refractivity contribution in [1.29, 1.82) is 0 Å². The molecule has 1 aliphatic rings. The lowest BCUT2D eigenvalue weighted by Crippen LogP contribution is -2.40. The quantitative estimate of drug-likeness (QED) is 0.851. The molecule has 2 atom stereocenters. The minimum atomic E-state index is -0.0921. The SMILES string of the molecule is C[C@@H](CNC(=O)N[C@@H](c1nccs1)C1CC1)c1cccs1. The number of nitrogens with one attached hydrogen (secondary N) is 2. The van der Waals surface area contributed by atoms with E-state index in [4.69, 9.17) is 0 Å². The van der Waals surface area contributed by atoms with Crippen molar-refractivity contribution in [3.63, 3.8) is 0 Å². The summed E-state index contributed by atoms with van der Waals surface area (Å²) >= 11 is 3.34. The Morgan fingerprint density at radius 2 is 2.29 bits per heavy atom. The highest BCUT2D eigenvalue weighted by atomic mass is 32.1. The Labute approximate surface area is 132 Å². The summed E-state index contributed by atoms with van der Waals surface area (Å²) in [5.41, 5.74) is 0. The van der Waals surface area contributed by atoms with Gasteiger partial charge >= 0.3 is 6.03 Å². The molecule has 2 N–H and O–H groups in total. The second-order valence-electron chi connectivity index (χ2n) is 5.46. The molecule has 1 saturated carbocycles. The molecule has 0 unspecified atom stereocenters. The molecule has 0 saturated heterocycles. The fourth-order valence-corrected chi connectivity index (χ4v) is 3.88. The lowest BCUT2D eigenvalue weighted by molar-refractivity contribution is 0.235. The molecule has 21 heavy (non-hydrogen) atoms. The molecule has 112 valence electrons. The van der Waals surface area contributed by atoms with Crippen LogP contribution in [0.15, 0.2) is 29.1 Å². The van der Waals surface area contributed by atoms with Crippen molar-refractivity contribution in [3.05, 3.63) is 39.0 Å². The van der Waals surface area contributed by atoms with Gasteiger partial charge in [0.05, 0.1) is 6.04 Å². The van der Waals surface area contributed by atoms with Crippen LogP contribution in [-0.4, -0.2) is 17.6 Å². The highest BCUT2D eigenvalue weighted by Gasteiger charge is 2.34. The van der Waals surface area contributed by atoms with Gasteiger partial charge in [-0.15, -0.1) is 22.7 Å². The summed E-state index contributed by atoms with van der Waals surface area (Å²) < 4.78 is 0. The molecular formula is C15H19N3OS2. The molecular weight excluding hydrogens is 302 g/mol.